The molecule has 18 heavy (non-hydrogen) atoms. The number of nitrogens with zero attached hydrogens (tertiary/aromatic N) is 2. The van der Waals surface area contributed by atoms with Crippen LogP contribution in [0.4, 0.5) is 5.82 Å². The molecule has 0 saturated carbocycles. The standard InChI is InChI=1S/C11H17N3O3S/c1-8(2)11-12-9(7-10(15)13-11)14-3-5-18(16,17)6-4-14/h7-8H,3-6H2,1-2H3,(H,12,13,15). The molecule has 1 fully saturated rings. The second-order valence-corrected chi connectivity index (χ2v) is 7.09. The smallest absolute Gasteiger partial charge is 0.252 e. The molecule has 0 bridgehead atoms. The van der Waals surface area contributed by atoms with Crippen LogP contribution in [0.3, 0.4) is 0 Å². The zero-order chi connectivity index (χ0) is 13.3. The number of nitrogens with one attached hydrogen (secondary N) is 1. The summed E-state index contributed by atoms with van der Waals surface area (Å²) >= 11 is 0. The Hall–Kier alpha value is -1.37. The van der Waals surface area contributed by atoms with Crippen LogP contribution in [0.5, 0.6) is 0 Å². The summed E-state index contributed by atoms with van der Waals surface area (Å²) in [7, 11) is -2.92. The van der Waals surface area contributed by atoms with Crippen LogP contribution in [0, 0.1) is 0 Å². The fraction of sp³-hybridized carbons (Fsp3) is 0.636. The molecule has 0 radical (unpaired) electrons. The lowest BCUT2D eigenvalue weighted by molar-refractivity contribution is 0.586. The first-order chi connectivity index (χ1) is 8.37. The van der Waals surface area contributed by atoms with Crippen molar-refractivity contribution >= 4 is 15.7 Å². The van der Waals surface area contributed by atoms with Gasteiger partial charge in [-0.1, -0.05) is 13.8 Å². The second-order valence-electron chi connectivity index (χ2n) is 4.78. The number of anilines is 1. The topological polar surface area (TPSA) is 83.1 Å². The highest BCUT2D eigenvalue weighted by atomic mass is 32.2. The van der Waals surface area contributed by atoms with Crippen LogP contribution in [-0.2, 0) is 9.84 Å². The molecule has 2 heterocycles. The van der Waals surface area contributed by atoms with Gasteiger partial charge in [-0.05, 0) is 0 Å². The van der Waals surface area contributed by atoms with Gasteiger partial charge in [0.1, 0.15) is 11.6 Å². The highest BCUT2D eigenvalue weighted by Crippen LogP contribution is 2.15. The van der Waals surface area contributed by atoms with E-state index in [4.69, 9.17) is 0 Å². The van der Waals surface area contributed by atoms with Crippen molar-refractivity contribution in [3.63, 3.8) is 0 Å². The Morgan fingerprint density at radius 1 is 1.33 bits per heavy atom. The Morgan fingerprint density at radius 2 is 1.94 bits per heavy atom. The summed E-state index contributed by atoms with van der Waals surface area (Å²) in [5.41, 5.74) is -0.197. The molecular formula is C11H17N3O3S. The normalized spacial score (nSPS) is 19.2. The zero-order valence-corrected chi connectivity index (χ0v) is 11.3. The summed E-state index contributed by atoms with van der Waals surface area (Å²) in [6, 6.07) is 1.42. The number of hydrogen-bond donors (Lipinski definition) is 1. The number of H-pyrrole nitrogens is 1. The summed E-state index contributed by atoms with van der Waals surface area (Å²) in [5.74, 6) is 1.58. The monoisotopic (exact) mass is 271 g/mol. The van der Waals surface area contributed by atoms with E-state index < -0.39 is 9.84 Å². The van der Waals surface area contributed by atoms with Gasteiger partial charge in [0.2, 0.25) is 0 Å². The molecule has 1 aliphatic rings. The van der Waals surface area contributed by atoms with Crippen LogP contribution in [0.1, 0.15) is 25.6 Å². The quantitative estimate of drug-likeness (QED) is 0.826. The van der Waals surface area contributed by atoms with Gasteiger partial charge >= 0.3 is 0 Å². The first-order valence-corrected chi connectivity index (χ1v) is 7.76. The van der Waals surface area contributed by atoms with Crippen molar-refractivity contribution in [3.05, 3.63) is 22.2 Å². The van der Waals surface area contributed by atoms with Crippen LogP contribution in [-0.4, -0.2) is 43.0 Å². The van der Waals surface area contributed by atoms with Gasteiger partial charge in [-0.3, -0.25) is 4.79 Å². The molecule has 0 amide bonds. The molecular weight excluding hydrogens is 254 g/mol. The highest BCUT2D eigenvalue weighted by molar-refractivity contribution is 7.91. The molecule has 100 valence electrons. The van der Waals surface area contributed by atoms with Gasteiger partial charge in [0, 0.05) is 25.1 Å². The van der Waals surface area contributed by atoms with E-state index in [-0.39, 0.29) is 23.0 Å². The predicted octanol–water partition coefficient (Wildman–Crippen LogP) is 0.128. The number of aromatic nitrogens is 2. The molecule has 1 aromatic heterocycles. The van der Waals surface area contributed by atoms with Crippen LogP contribution in [0.15, 0.2) is 10.9 Å². The van der Waals surface area contributed by atoms with E-state index >= 15 is 0 Å². The molecule has 6 nitrogen and oxygen atoms in total. The maximum absolute atomic E-state index is 11.5. The molecule has 0 aliphatic carbocycles. The third-order valence-corrected chi connectivity index (χ3v) is 4.57. The van der Waals surface area contributed by atoms with Crippen molar-refractivity contribution in [1.82, 2.24) is 9.97 Å². The summed E-state index contributed by atoms with van der Waals surface area (Å²) in [6.45, 7) is 4.69. The number of rotatable bonds is 2. The van der Waals surface area contributed by atoms with Crippen molar-refractivity contribution in [2.45, 2.75) is 19.8 Å². The third-order valence-electron chi connectivity index (χ3n) is 2.96. The van der Waals surface area contributed by atoms with Crippen LogP contribution >= 0.6 is 0 Å². The Kier molecular flexibility index (Phi) is 3.43. The van der Waals surface area contributed by atoms with E-state index in [0.717, 1.165) is 0 Å². The molecule has 7 heteroatoms. The lowest BCUT2D eigenvalue weighted by Crippen LogP contribution is -2.41. The summed E-state index contributed by atoms with van der Waals surface area (Å²) in [6.07, 6.45) is 0. The van der Waals surface area contributed by atoms with Crippen molar-refractivity contribution in [3.8, 4) is 0 Å². The van der Waals surface area contributed by atoms with Crippen molar-refractivity contribution in [2.75, 3.05) is 29.5 Å². The number of aromatic amines is 1. The van der Waals surface area contributed by atoms with Crippen molar-refractivity contribution < 1.29 is 8.42 Å². The van der Waals surface area contributed by atoms with Gasteiger partial charge in [0.15, 0.2) is 9.84 Å². The first kappa shape index (κ1) is 13.1. The minimum Gasteiger partial charge on any atom is -0.354 e. The Bertz CT molecular complexity index is 578. The maximum atomic E-state index is 11.5. The Morgan fingerprint density at radius 3 is 2.50 bits per heavy atom. The van der Waals surface area contributed by atoms with E-state index in [1.165, 1.54) is 6.07 Å². The van der Waals surface area contributed by atoms with Gasteiger partial charge in [-0.15, -0.1) is 0 Å². The molecule has 0 atom stereocenters. The Balaban J connectivity index is 2.27. The second kappa shape index (κ2) is 4.72. The predicted molar refractivity (Wildman–Crippen MR) is 69.8 cm³/mol. The van der Waals surface area contributed by atoms with E-state index in [1.807, 2.05) is 18.7 Å². The Labute approximate surface area is 106 Å². The molecule has 0 unspecified atom stereocenters. The van der Waals surface area contributed by atoms with E-state index in [2.05, 4.69) is 9.97 Å². The largest absolute Gasteiger partial charge is 0.354 e. The summed E-state index contributed by atoms with van der Waals surface area (Å²) in [4.78, 5) is 20.5. The lowest BCUT2D eigenvalue weighted by Gasteiger charge is -2.27. The lowest BCUT2D eigenvalue weighted by atomic mass is 10.2. The third kappa shape index (κ3) is 2.90. The highest BCUT2D eigenvalue weighted by Gasteiger charge is 2.23. The summed E-state index contributed by atoms with van der Waals surface area (Å²) < 4.78 is 22.7. The first-order valence-electron chi connectivity index (χ1n) is 5.94. The van der Waals surface area contributed by atoms with Gasteiger partial charge in [-0.25, -0.2) is 13.4 Å². The van der Waals surface area contributed by atoms with Crippen LogP contribution < -0.4 is 10.5 Å². The molecule has 1 aliphatic heterocycles. The van der Waals surface area contributed by atoms with Crippen molar-refractivity contribution in [2.24, 2.45) is 0 Å². The fourth-order valence-corrected chi connectivity index (χ4v) is 3.04. The van der Waals surface area contributed by atoms with Gasteiger partial charge < -0.3 is 9.88 Å². The van der Waals surface area contributed by atoms with Crippen molar-refractivity contribution in [1.29, 1.82) is 0 Å². The zero-order valence-electron chi connectivity index (χ0n) is 10.5. The van der Waals surface area contributed by atoms with E-state index in [9.17, 15) is 13.2 Å². The fourth-order valence-electron chi connectivity index (χ4n) is 1.84. The van der Waals surface area contributed by atoms with Gasteiger partial charge in [-0.2, -0.15) is 0 Å². The van der Waals surface area contributed by atoms with Crippen LogP contribution in [0.25, 0.3) is 0 Å². The molecule has 0 spiro atoms. The molecule has 2 rings (SSSR count). The van der Waals surface area contributed by atoms with E-state index in [1.54, 1.807) is 0 Å². The van der Waals surface area contributed by atoms with Gasteiger partial charge in [0.25, 0.3) is 5.56 Å². The molecule has 1 N–H and O–H groups in total. The SMILES string of the molecule is CC(C)c1nc(N2CCS(=O)(=O)CC2)cc(=O)[nH]1. The maximum Gasteiger partial charge on any atom is 0.252 e. The summed E-state index contributed by atoms with van der Waals surface area (Å²) in [5, 5.41) is 0. The molecule has 0 aromatic carbocycles. The minimum absolute atomic E-state index is 0.124. The minimum atomic E-state index is -2.92. The number of sulfone groups is 1. The van der Waals surface area contributed by atoms with Crippen LogP contribution in [0.2, 0.25) is 0 Å². The number of hydrogen-bond acceptors (Lipinski definition) is 5. The average Bonchev–Trinajstić information content (AvgIpc) is 2.28. The molecule has 1 saturated heterocycles. The molecule has 1 aromatic rings. The average molecular weight is 271 g/mol. The van der Waals surface area contributed by atoms with E-state index in [0.29, 0.717) is 24.7 Å². The van der Waals surface area contributed by atoms with Gasteiger partial charge in [0.05, 0.1) is 11.5 Å².